The third-order valence-electron chi connectivity index (χ3n) is 5.28. The zero-order chi connectivity index (χ0) is 17.3. The lowest BCUT2D eigenvalue weighted by atomic mass is 9.91. The zero-order valence-corrected chi connectivity index (χ0v) is 14.8. The summed E-state index contributed by atoms with van der Waals surface area (Å²) in [7, 11) is -3.14. The van der Waals surface area contributed by atoms with Crippen LogP contribution in [0.25, 0.3) is 0 Å². The Labute approximate surface area is 138 Å². The number of sulfone groups is 1. The third kappa shape index (κ3) is 3.70. The lowest BCUT2D eigenvalue weighted by molar-refractivity contribution is -0.158. The van der Waals surface area contributed by atoms with E-state index in [0.29, 0.717) is 25.9 Å². The summed E-state index contributed by atoms with van der Waals surface area (Å²) in [6.07, 6.45) is 5.42. The normalized spacial score (nSPS) is 22.1. The van der Waals surface area contributed by atoms with Gasteiger partial charge in [0.15, 0.2) is 9.84 Å². The summed E-state index contributed by atoms with van der Waals surface area (Å²) in [5.74, 6) is -1.59. The first kappa shape index (κ1) is 18.2. The summed E-state index contributed by atoms with van der Waals surface area (Å²) < 4.78 is 25.4. The molecule has 0 unspecified atom stereocenters. The lowest BCUT2D eigenvalue weighted by Crippen LogP contribution is -2.50. The number of amides is 1. The molecule has 2 aliphatic rings. The number of carbonyl (C=O) groups is 2. The van der Waals surface area contributed by atoms with Gasteiger partial charge < -0.3 is 10.0 Å². The van der Waals surface area contributed by atoms with Crippen molar-refractivity contribution in [3.05, 3.63) is 0 Å². The Morgan fingerprint density at radius 3 is 1.91 bits per heavy atom. The number of piperidine rings is 1. The summed E-state index contributed by atoms with van der Waals surface area (Å²) >= 11 is 0. The van der Waals surface area contributed by atoms with E-state index in [-0.39, 0.29) is 10.5 Å². The fourth-order valence-electron chi connectivity index (χ4n) is 3.54. The highest BCUT2D eigenvalue weighted by molar-refractivity contribution is 7.92. The monoisotopic (exact) mass is 345 g/mol. The van der Waals surface area contributed by atoms with E-state index in [2.05, 4.69) is 0 Å². The molecule has 7 heteroatoms. The highest BCUT2D eigenvalue weighted by Gasteiger charge is 2.42. The van der Waals surface area contributed by atoms with Crippen LogP contribution in [0.2, 0.25) is 0 Å². The van der Waals surface area contributed by atoms with Crippen LogP contribution in [0.4, 0.5) is 0 Å². The smallest absolute Gasteiger partial charge is 0.318 e. The quantitative estimate of drug-likeness (QED) is 0.785. The molecular weight excluding hydrogens is 318 g/mol. The third-order valence-corrected chi connectivity index (χ3v) is 8.08. The fraction of sp³-hybridized carbons (Fsp3) is 0.875. The van der Waals surface area contributed by atoms with Gasteiger partial charge in [0.05, 0.1) is 10.5 Å². The van der Waals surface area contributed by atoms with Crippen molar-refractivity contribution in [1.82, 2.24) is 4.90 Å². The number of hydrogen-bond donors (Lipinski definition) is 1. The SMILES string of the molecule is CC(C)(C(=O)O)C(=O)N1CCC(S(=O)(=O)C2CCCCC2)CC1. The Kier molecular flexibility index (Phi) is 5.38. The van der Waals surface area contributed by atoms with E-state index in [1.165, 1.54) is 18.7 Å². The van der Waals surface area contributed by atoms with Gasteiger partial charge in [-0.1, -0.05) is 19.3 Å². The minimum Gasteiger partial charge on any atom is -0.480 e. The Hall–Kier alpha value is -1.11. The minimum atomic E-state index is -3.14. The van der Waals surface area contributed by atoms with Crippen LogP contribution in [0, 0.1) is 5.41 Å². The first-order chi connectivity index (χ1) is 10.7. The molecule has 1 aliphatic carbocycles. The number of aliphatic carboxylic acids is 1. The molecule has 1 saturated heterocycles. The summed E-state index contributed by atoms with van der Waals surface area (Å²) in [6, 6.07) is 0. The zero-order valence-electron chi connectivity index (χ0n) is 14.0. The summed E-state index contributed by atoms with van der Waals surface area (Å²) in [4.78, 5) is 25.0. The average molecular weight is 345 g/mol. The van der Waals surface area contributed by atoms with E-state index in [1.54, 1.807) is 0 Å². The van der Waals surface area contributed by atoms with Crippen molar-refractivity contribution >= 4 is 21.7 Å². The van der Waals surface area contributed by atoms with Gasteiger partial charge in [0, 0.05) is 13.1 Å². The second-order valence-electron chi connectivity index (χ2n) is 7.27. The van der Waals surface area contributed by atoms with Gasteiger partial charge in [0.25, 0.3) is 0 Å². The van der Waals surface area contributed by atoms with E-state index in [1.807, 2.05) is 0 Å². The van der Waals surface area contributed by atoms with Gasteiger partial charge in [-0.3, -0.25) is 9.59 Å². The molecule has 1 amide bonds. The number of carboxylic acid groups (broad SMARTS) is 1. The van der Waals surface area contributed by atoms with Gasteiger partial charge in [0.1, 0.15) is 5.41 Å². The van der Waals surface area contributed by atoms with Crippen LogP contribution in [0.1, 0.15) is 58.8 Å². The van der Waals surface area contributed by atoms with E-state index in [9.17, 15) is 18.0 Å². The van der Waals surface area contributed by atoms with Gasteiger partial charge in [-0.2, -0.15) is 0 Å². The van der Waals surface area contributed by atoms with Crippen molar-refractivity contribution in [2.75, 3.05) is 13.1 Å². The summed E-state index contributed by atoms with van der Waals surface area (Å²) in [5, 5.41) is 8.54. The molecule has 0 spiro atoms. The second kappa shape index (κ2) is 6.79. The first-order valence-corrected chi connectivity index (χ1v) is 10.0. The predicted octanol–water partition coefficient (Wildman–Crippen LogP) is 1.84. The average Bonchev–Trinajstić information content (AvgIpc) is 2.55. The number of hydrogen-bond acceptors (Lipinski definition) is 4. The molecule has 0 radical (unpaired) electrons. The Bertz CT molecular complexity index is 555. The molecule has 1 N–H and O–H groups in total. The Morgan fingerprint density at radius 1 is 0.957 bits per heavy atom. The molecule has 23 heavy (non-hydrogen) atoms. The molecule has 1 saturated carbocycles. The standard InChI is InChI=1S/C16H27NO5S/c1-16(2,15(19)20)14(18)17-10-8-13(9-11-17)23(21,22)12-6-4-3-5-7-12/h12-13H,3-11H2,1-2H3,(H,19,20). The molecule has 0 aromatic rings. The minimum absolute atomic E-state index is 0.223. The molecular formula is C16H27NO5S. The van der Waals surface area contributed by atoms with Crippen LogP contribution in [0.15, 0.2) is 0 Å². The van der Waals surface area contributed by atoms with Crippen molar-refractivity contribution < 1.29 is 23.1 Å². The molecule has 6 nitrogen and oxygen atoms in total. The largest absolute Gasteiger partial charge is 0.480 e. The van der Waals surface area contributed by atoms with Gasteiger partial charge in [-0.15, -0.1) is 0 Å². The topological polar surface area (TPSA) is 91.8 Å². The second-order valence-corrected chi connectivity index (χ2v) is 9.78. The molecule has 1 heterocycles. The van der Waals surface area contributed by atoms with Crippen LogP contribution in [-0.4, -0.2) is 53.9 Å². The van der Waals surface area contributed by atoms with Crippen LogP contribution in [0.3, 0.4) is 0 Å². The van der Waals surface area contributed by atoms with E-state index in [4.69, 9.17) is 5.11 Å². The maximum Gasteiger partial charge on any atom is 0.318 e. The van der Waals surface area contributed by atoms with E-state index < -0.39 is 27.1 Å². The number of carbonyl (C=O) groups excluding carboxylic acids is 1. The van der Waals surface area contributed by atoms with E-state index >= 15 is 0 Å². The molecule has 132 valence electrons. The van der Waals surface area contributed by atoms with E-state index in [0.717, 1.165) is 32.1 Å². The van der Waals surface area contributed by atoms with Gasteiger partial charge in [-0.25, -0.2) is 8.42 Å². The molecule has 2 rings (SSSR count). The van der Waals surface area contributed by atoms with Crippen molar-refractivity contribution in [1.29, 1.82) is 0 Å². The van der Waals surface area contributed by atoms with Crippen molar-refractivity contribution in [3.63, 3.8) is 0 Å². The fourth-order valence-corrected chi connectivity index (χ4v) is 5.94. The predicted molar refractivity (Wildman–Crippen MR) is 86.8 cm³/mol. The maximum atomic E-state index is 12.7. The van der Waals surface area contributed by atoms with Crippen LogP contribution in [0.5, 0.6) is 0 Å². The van der Waals surface area contributed by atoms with Gasteiger partial charge in [0.2, 0.25) is 5.91 Å². The Morgan fingerprint density at radius 2 is 1.43 bits per heavy atom. The Balaban J connectivity index is 1.98. The van der Waals surface area contributed by atoms with Crippen LogP contribution < -0.4 is 0 Å². The number of rotatable bonds is 4. The maximum absolute atomic E-state index is 12.7. The molecule has 0 bridgehead atoms. The van der Waals surface area contributed by atoms with Gasteiger partial charge in [-0.05, 0) is 39.5 Å². The summed E-state index contributed by atoms with van der Waals surface area (Å²) in [6.45, 7) is 3.43. The van der Waals surface area contributed by atoms with Crippen LogP contribution in [-0.2, 0) is 19.4 Å². The molecule has 1 aliphatic heterocycles. The molecule has 2 fully saturated rings. The van der Waals surface area contributed by atoms with Crippen LogP contribution >= 0.6 is 0 Å². The number of carboxylic acids is 1. The highest BCUT2D eigenvalue weighted by Crippen LogP contribution is 2.31. The molecule has 0 aromatic carbocycles. The highest BCUT2D eigenvalue weighted by atomic mass is 32.2. The van der Waals surface area contributed by atoms with Crippen molar-refractivity contribution in [2.45, 2.75) is 69.3 Å². The van der Waals surface area contributed by atoms with Crippen molar-refractivity contribution in [2.24, 2.45) is 5.41 Å². The van der Waals surface area contributed by atoms with Crippen molar-refractivity contribution in [3.8, 4) is 0 Å². The summed E-state index contributed by atoms with van der Waals surface area (Å²) in [5.41, 5.74) is -1.46. The van der Waals surface area contributed by atoms with Gasteiger partial charge >= 0.3 is 5.97 Å². The number of nitrogens with zero attached hydrogens (tertiary/aromatic N) is 1. The lowest BCUT2D eigenvalue weighted by Gasteiger charge is -2.36. The first-order valence-electron chi connectivity index (χ1n) is 8.43. The number of likely N-dealkylation sites (tertiary alicyclic amines) is 1. The molecule has 0 atom stereocenters. The molecule has 0 aromatic heterocycles.